The molecule has 0 radical (unpaired) electrons. The van der Waals surface area contributed by atoms with E-state index in [1.165, 1.54) is 0 Å². The number of morpholine rings is 1. The third-order valence-electron chi connectivity index (χ3n) is 3.45. The molecule has 1 fully saturated rings. The number of thiazole rings is 1. The first-order chi connectivity index (χ1) is 8.65. The minimum absolute atomic E-state index is 0.0945. The van der Waals surface area contributed by atoms with Crippen LogP contribution in [0.1, 0.15) is 43.7 Å². The molecule has 0 aliphatic carbocycles. The monoisotopic (exact) mass is 270 g/mol. The third-order valence-corrected chi connectivity index (χ3v) is 4.57. The van der Waals surface area contributed by atoms with Gasteiger partial charge in [0.05, 0.1) is 29.9 Å². The van der Waals surface area contributed by atoms with Crippen LogP contribution in [0.5, 0.6) is 0 Å². The minimum atomic E-state index is 0.0945. The number of aromatic nitrogens is 1. The van der Waals surface area contributed by atoms with Crippen LogP contribution in [0.25, 0.3) is 0 Å². The van der Waals surface area contributed by atoms with Crippen molar-refractivity contribution in [3.8, 4) is 0 Å². The quantitative estimate of drug-likeness (QED) is 0.912. The molecule has 102 valence electrons. The van der Waals surface area contributed by atoms with Crippen molar-refractivity contribution >= 4 is 16.5 Å². The smallest absolute Gasteiger partial charge is 0.186 e. The zero-order chi connectivity index (χ0) is 13.1. The first-order valence-electron chi connectivity index (χ1n) is 6.62. The van der Waals surface area contributed by atoms with E-state index in [1.54, 1.807) is 11.3 Å². The molecule has 2 heterocycles. The van der Waals surface area contributed by atoms with E-state index in [0.29, 0.717) is 5.92 Å². The van der Waals surface area contributed by atoms with Gasteiger partial charge in [0.1, 0.15) is 0 Å². The fraction of sp³-hybridized carbons (Fsp3) is 0.769. The van der Waals surface area contributed by atoms with E-state index in [4.69, 9.17) is 9.72 Å². The van der Waals surface area contributed by atoms with Gasteiger partial charge in [-0.25, -0.2) is 4.98 Å². The largest absolute Gasteiger partial charge is 0.391 e. The first kappa shape index (κ1) is 13.8. The van der Waals surface area contributed by atoms with Gasteiger partial charge >= 0.3 is 0 Å². The second kappa shape index (κ2) is 5.99. The van der Waals surface area contributed by atoms with Crippen molar-refractivity contribution in [3.05, 3.63) is 10.6 Å². The normalized spacial score (nSPS) is 22.2. The van der Waals surface area contributed by atoms with Crippen molar-refractivity contribution in [3.63, 3.8) is 0 Å². The predicted octanol–water partition coefficient (Wildman–Crippen LogP) is 2.37. The molecule has 1 aromatic heterocycles. The molecule has 1 N–H and O–H groups in total. The maximum Gasteiger partial charge on any atom is 0.186 e. The fourth-order valence-electron chi connectivity index (χ4n) is 2.17. The molecule has 0 bridgehead atoms. The molecular formula is C13H22N2O2S. The van der Waals surface area contributed by atoms with Gasteiger partial charge in [-0.1, -0.05) is 25.2 Å². The first-order valence-corrected chi connectivity index (χ1v) is 7.44. The SMILES string of the molecule is CCC(C)c1nc(N2CCOC(C)C2)sc1CO. The molecule has 1 aliphatic heterocycles. The van der Waals surface area contributed by atoms with Gasteiger partial charge in [0.15, 0.2) is 5.13 Å². The molecule has 0 aromatic carbocycles. The summed E-state index contributed by atoms with van der Waals surface area (Å²) in [4.78, 5) is 8.02. The van der Waals surface area contributed by atoms with Crippen LogP contribution in [0.4, 0.5) is 5.13 Å². The Hall–Kier alpha value is -0.650. The van der Waals surface area contributed by atoms with Crippen LogP contribution in [0.2, 0.25) is 0 Å². The fourth-order valence-corrected chi connectivity index (χ4v) is 3.25. The molecule has 0 saturated carbocycles. The van der Waals surface area contributed by atoms with E-state index in [2.05, 4.69) is 25.7 Å². The summed E-state index contributed by atoms with van der Waals surface area (Å²) in [5.41, 5.74) is 1.07. The highest BCUT2D eigenvalue weighted by Gasteiger charge is 2.22. The van der Waals surface area contributed by atoms with Gasteiger partial charge in [0, 0.05) is 13.1 Å². The summed E-state index contributed by atoms with van der Waals surface area (Å²) in [5.74, 6) is 0.413. The lowest BCUT2D eigenvalue weighted by molar-refractivity contribution is 0.0532. The number of rotatable bonds is 4. The van der Waals surface area contributed by atoms with Crippen molar-refractivity contribution in [1.82, 2.24) is 4.98 Å². The number of aliphatic hydroxyl groups is 1. The number of anilines is 1. The van der Waals surface area contributed by atoms with Gasteiger partial charge in [-0.3, -0.25) is 0 Å². The number of aliphatic hydroxyl groups excluding tert-OH is 1. The van der Waals surface area contributed by atoms with Crippen LogP contribution in [0.3, 0.4) is 0 Å². The zero-order valence-corrected chi connectivity index (χ0v) is 12.2. The number of nitrogens with zero attached hydrogens (tertiary/aromatic N) is 2. The average molecular weight is 270 g/mol. The van der Waals surface area contributed by atoms with Crippen molar-refractivity contribution in [2.75, 3.05) is 24.6 Å². The average Bonchev–Trinajstić information content (AvgIpc) is 2.82. The Morgan fingerprint density at radius 2 is 2.39 bits per heavy atom. The second-order valence-corrected chi connectivity index (χ2v) is 5.96. The topological polar surface area (TPSA) is 45.6 Å². The summed E-state index contributed by atoms with van der Waals surface area (Å²) in [7, 11) is 0. The van der Waals surface area contributed by atoms with Crippen LogP contribution in [-0.4, -0.2) is 35.9 Å². The van der Waals surface area contributed by atoms with E-state index in [9.17, 15) is 5.11 Å². The van der Waals surface area contributed by atoms with E-state index < -0.39 is 0 Å². The van der Waals surface area contributed by atoms with Crippen molar-refractivity contribution < 1.29 is 9.84 Å². The van der Waals surface area contributed by atoms with Crippen molar-refractivity contribution in [2.24, 2.45) is 0 Å². The van der Waals surface area contributed by atoms with Gasteiger partial charge in [-0.05, 0) is 19.3 Å². The molecule has 18 heavy (non-hydrogen) atoms. The molecule has 2 rings (SSSR count). The van der Waals surface area contributed by atoms with Crippen LogP contribution in [0, 0.1) is 0 Å². The molecule has 4 nitrogen and oxygen atoms in total. The van der Waals surface area contributed by atoms with Gasteiger partial charge in [-0.2, -0.15) is 0 Å². The van der Waals surface area contributed by atoms with E-state index >= 15 is 0 Å². The predicted molar refractivity (Wildman–Crippen MR) is 74.4 cm³/mol. The highest BCUT2D eigenvalue weighted by molar-refractivity contribution is 7.15. The maximum atomic E-state index is 9.45. The molecule has 0 spiro atoms. The molecule has 1 aliphatic rings. The summed E-state index contributed by atoms with van der Waals surface area (Å²) < 4.78 is 5.55. The Kier molecular flexibility index (Phi) is 4.59. The van der Waals surface area contributed by atoms with Crippen LogP contribution in [-0.2, 0) is 11.3 Å². The molecule has 1 aromatic rings. The summed E-state index contributed by atoms with van der Waals surface area (Å²) in [5, 5.41) is 10.5. The lowest BCUT2D eigenvalue weighted by atomic mass is 10.0. The van der Waals surface area contributed by atoms with E-state index in [0.717, 1.165) is 41.8 Å². The Morgan fingerprint density at radius 3 is 3.00 bits per heavy atom. The summed E-state index contributed by atoms with van der Waals surface area (Å²) in [6.45, 7) is 9.04. The summed E-state index contributed by atoms with van der Waals surface area (Å²) in [6.07, 6.45) is 1.31. The second-order valence-electron chi connectivity index (χ2n) is 4.90. The van der Waals surface area contributed by atoms with Crippen LogP contribution >= 0.6 is 11.3 Å². The lowest BCUT2D eigenvalue weighted by Crippen LogP contribution is -2.41. The highest BCUT2D eigenvalue weighted by Crippen LogP contribution is 2.32. The Balaban J connectivity index is 2.20. The molecule has 5 heteroatoms. The molecule has 2 unspecified atom stereocenters. The molecule has 2 atom stereocenters. The Bertz CT molecular complexity index is 394. The summed E-state index contributed by atoms with van der Waals surface area (Å²) in [6, 6.07) is 0. The number of hydrogen-bond donors (Lipinski definition) is 1. The number of ether oxygens (including phenoxy) is 1. The maximum absolute atomic E-state index is 9.45. The molecule has 1 saturated heterocycles. The molecular weight excluding hydrogens is 248 g/mol. The zero-order valence-electron chi connectivity index (χ0n) is 11.3. The summed E-state index contributed by atoms with van der Waals surface area (Å²) >= 11 is 1.62. The number of hydrogen-bond acceptors (Lipinski definition) is 5. The standard InChI is InChI=1S/C13H22N2O2S/c1-4-9(2)12-11(8-16)18-13(14-12)15-5-6-17-10(3)7-15/h9-10,16H,4-8H2,1-3H3. The molecule has 0 amide bonds. The van der Waals surface area contributed by atoms with Crippen LogP contribution in [0.15, 0.2) is 0 Å². The van der Waals surface area contributed by atoms with Gasteiger partial charge < -0.3 is 14.7 Å². The van der Waals surface area contributed by atoms with Crippen molar-refractivity contribution in [1.29, 1.82) is 0 Å². The van der Waals surface area contributed by atoms with Gasteiger partial charge in [0.2, 0.25) is 0 Å². The van der Waals surface area contributed by atoms with E-state index in [1.807, 2.05) is 0 Å². The van der Waals surface area contributed by atoms with Gasteiger partial charge in [0.25, 0.3) is 0 Å². The van der Waals surface area contributed by atoms with E-state index in [-0.39, 0.29) is 12.7 Å². The Labute approximate surface area is 113 Å². The third kappa shape index (κ3) is 2.84. The van der Waals surface area contributed by atoms with Crippen molar-refractivity contribution in [2.45, 2.75) is 45.8 Å². The highest BCUT2D eigenvalue weighted by atomic mass is 32.1. The minimum Gasteiger partial charge on any atom is -0.391 e. The lowest BCUT2D eigenvalue weighted by Gasteiger charge is -2.30. The van der Waals surface area contributed by atoms with Crippen LogP contribution < -0.4 is 4.90 Å². The van der Waals surface area contributed by atoms with Gasteiger partial charge in [-0.15, -0.1) is 0 Å². The Morgan fingerprint density at radius 1 is 1.61 bits per heavy atom.